The zero-order valence-electron chi connectivity index (χ0n) is 38.0. The van der Waals surface area contributed by atoms with E-state index in [0.29, 0.717) is 48.0 Å². The minimum atomic E-state index is 0.151. The fourth-order valence-corrected chi connectivity index (χ4v) is 15.0. The van der Waals surface area contributed by atoms with Gasteiger partial charge in [-0.3, -0.25) is 14.9 Å². The summed E-state index contributed by atoms with van der Waals surface area (Å²) in [5.41, 5.74) is 12.2. The fraction of sp³-hybridized carbons (Fsp3) is 0.290. The second-order valence-corrected chi connectivity index (χ2v) is 20.5. The van der Waals surface area contributed by atoms with Gasteiger partial charge in [0.25, 0.3) is 0 Å². The van der Waals surface area contributed by atoms with Crippen molar-refractivity contribution in [2.24, 2.45) is 9.98 Å². The molecule has 3 saturated carbocycles. The third-order valence-electron chi connectivity index (χ3n) is 17.4. The van der Waals surface area contributed by atoms with Gasteiger partial charge in [-0.25, -0.2) is 0 Å². The molecule has 10 unspecified atom stereocenters. The normalized spacial score (nSPS) is 31.3. The molecule has 14 rings (SSSR count). The molecule has 0 radical (unpaired) electrons. The molecule has 5 fully saturated rings. The van der Waals surface area contributed by atoms with Crippen molar-refractivity contribution < 1.29 is 0 Å². The van der Waals surface area contributed by atoms with E-state index in [1.165, 1.54) is 74.6 Å². The molecule has 2 saturated heterocycles. The van der Waals surface area contributed by atoms with E-state index in [4.69, 9.17) is 9.98 Å². The first kappa shape index (κ1) is 39.6. The van der Waals surface area contributed by atoms with Crippen molar-refractivity contribution in [2.45, 2.75) is 111 Å². The predicted molar refractivity (Wildman–Crippen MR) is 272 cm³/mol. The predicted octanol–water partition coefficient (Wildman–Crippen LogP) is 12.2. The molecule has 3 aliphatic carbocycles. The molecular formula is C62H57N5. The summed E-state index contributed by atoms with van der Waals surface area (Å²) in [7, 11) is 0. The Labute approximate surface area is 395 Å². The van der Waals surface area contributed by atoms with Crippen LogP contribution < -0.4 is 0 Å². The van der Waals surface area contributed by atoms with Gasteiger partial charge in [0.15, 0.2) is 0 Å². The Kier molecular flexibility index (Phi) is 9.49. The molecule has 0 bridgehead atoms. The van der Waals surface area contributed by atoms with Crippen LogP contribution >= 0.6 is 0 Å². The van der Waals surface area contributed by atoms with Gasteiger partial charge in [-0.1, -0.05) is 200 Å². The van der Waals surface area contributed by atoms with Gasteiger partial charge >= 0.3 is 0 Å². The van der Waals surface area contributed by atoms with Crippen LogP contribution in [0, 0.1) is 0 Å². The van der Waals surface area contributed by atoms with Gasteiger partial charge in [-0.15, -0.1) is 0 Å². The highest BCUT2D eigenvalue weighted by atomic mass is 15.5. The first-order chi connectivity index (χ1) is 33.3. The first-order valence-electron chi connectivity index (χ1n) is 25.2. The molecule has 5 nitrogen and oxygen atoms in total. The Morgan fingerprint density at radius 2 is 0.716 bits per heavy atom. The van der Waals surface area contributed by atoms with E-state index in [-0.39, 0.29) is 24.2 Å². The summed E-state index contributed by atoms with van der Waals surface area (Å²) in [5.74, 6) is 3.50. The summed E-state index contributed by atoms with van der Waals surface area (Å²) < 4.78 is 0. The van der Waals surface area contributed by atoms with Crippen LogP contribution in [-0.4, -0.2) is 80.7 Å². The number of amidine groups is 2. The van der Waals surface area contributed by atoms with Crippen LogP contribution in [0.25, 0.3) is 22.3 Å². The van der Waals surface area contributed by atoms with E-state index in [9.17, 15) is 0 Å². The number of piperazine rings is 2. The van der Waals surface area contributed by atoms with Gasteiger partial charge in [-0.05, 0) is 83.4 Å². The Morgan fingerprint density at radius 1 is 0.343 bits per heavy atom. The van der Waals surface area contributed by atoms with Crippen LogP contribution in [0.1, 0.15) is 84.1 Å². The Bertz CT molecular complexity index is 2790. The van der Waals surface area contributed by atoms with Gasteiger partial charge < -0.3 is 9.80 Å². The molecule has 0 aromatic heterocycles. The molecular weight excluding hydrogens is 815 g/mol. The molecule has 5 heteroatoms. The molecule has 7 aromatic carbocycles. The van der Waals surface area contributed by atoms with Crippen molar-refractivity contribution in [3.05, 3.63) is 228 Å². The smallest absolute Gasteiger partial charge is 0.131 e. The second kappa shape index (κ2) is 16.1. The highest BCUT2D eigenvalue weighted by Gasteiger charge is 2.68. The van der Waals surface area contributed by atoms with E-state index in [0.717, 1.165) is 25.7 Å². The van der Waals surface area contributed by atoms with Gasteiger partial charge in [0.2, 0.25) is 0 Å². The maximum absolute atomic E-state index is 6.10. The van der Waals surface area contributed by atoms with Crippen molar-refractivity contribution >= 4 is 11.7 Å². The number of aliphatic imine (C=N–C) groups is 2. The summed E-state index contributed by atoms with van der Waals surface area (Å²) in [5, 5.41) is 0. The highest BCUT2D eigenvalue weighted by Crippen LogP contribution is 2.59. The van der Waals surface area contributed by atoms with Crippen molar-refractivity contribution in [2.75, 3.05) is 0 Å². The standard InChI is InChI=1S/C62H57N5/c1-6-20-40(21-7-1)45-38-54-58-55(39-45)67-60-53(37-35-51(57(60)64-62(67)44-28-14-5-15-29-44)49-33-19-17-31-47(49)42-24-10-3-11-25-42)65(58)52-36-34-50(48-32-18-16-30-46(48)41-22-8-2-9-23-41)56-59(52)66(54)61(63-56)43-26-12-4-13-27-43/h1-33,45,50-60H,34-39H2. The maximum Gasteiger partial charge on any atom is 0.131 e. The molecule has 7 aromatic rings. The summed E-state index contributed by atoms with van der Waals surface area (Å²) in [6.45, 7) is 0. The summed E-state index contributed by atoms with van der Waals surface area (Å²) in [6, 6.07) is 77.4. The Morgan fingerprint density at radius 3 is 1.15 bits per heavy atom. The summed E-state index contributed by atoms with van der Waals surface area (Å²) in [6.07, 6.45) is 6.83. The lowest BCUT2D eigenvalue weighted by atomic mass is 9.62. The van der Waals surface area contributed by atoms with E-state index >= 15 is 0 Å². The van der Waals surface area contributed by atoms with Crippen molar-refractivity contribution in [1.82, 2.24) is 14.7 Å². The second-order valence-electron chi connectivity index (χ2n) is 20.5. The fourth-order valence-electron chi connectivity index (χ4n) is 15.0. The van der Waals surface area contributed by atoms with E-state index < -0.39 is 0 Å². The molecule has 0 amide bonds. The summed E-state index contributed by atoms with van der Waals surface area (Å²) in [4.78, 5) is 21.3. The quantitative estimate of drug-likeness (QED) is 0.160. The Hall–Kier alpha value is -6.56. The topological polar surface area (TPSA) is 34.4 Å². The summed E-state index contributed by atoms with van der Waals surface area (Å²) >= 11 is 0. The molecule has 0 spiro atoms. The average molecular weight is 872 g/mol. The molecule has 330 valence electrons. The van der Waals surface area contributed by atoms with Gasteiger partial charge in [-0.2, -0.15) is 0 Å². The molecule has 7 aliphatic rings. The third-order valence-corrected chi connectivity index (χ3v) is 17.4. The molecule has 4 heterocycles. The number of nitrogens with zero attached hydrogens (tertiary/aromatic N) is 5. The SMILES string of the molecule is c1ccc(C2=NC3C(c4ccccc4-c4ccccc4)CCC4C3N2C2CC(c3ccccc3)CC3C2N4C2CCC(c4ccccc4-c4ccccc4)C4N=C(c5ccccc5)N3C42)cc1. The third kappa shape index (κ3) is 6.23. The van der Waals surface area contributed by atoms with Crippen LogP contribution in [0.4, 0.5) is 0 Å². The monoisotopic (exact) mass is 871 g/mol. The molecule has 0 N–H and O–H groups in total. The van der Waals surface area contributed by atoms with Crippen LogP contribution in [-0.2, 0) is 0 Å². The molecule has 10 atom stereocenters. The van der Waals surface area contributed by atoms with Crippen LogP contribution in [0.15, 0.2) is 210 Å². The minimum Gasteiger partial charge on any atom is -0.345 e. The minimum absolute atomic E-state index is 0.151. The van der Waals surface area contributed by atoms with Crippen LogP contribution in [0.2, 0.25) is 0 Å². The zero-order valence-corrected chi connectivity index (χ0v) is 38.0. The van der Waals surface area contributed by atoms with Gasteiger partial charge in [0.05, 0.1) is 30.2 Å². The molecule has 67 heavy (non-hydrogen) atoms. The number of benzene rings is 7. The number of fused-ring (bicyclic) bond motifs is 4. The lowest BCUT2D eigenvalue weighted by Crippen LogP contribution is -2.83. The molecule has 4 aliphatic heterocycles. The highest BCUT2D eigenvalue weighted by molar-refractivity contribution is 6.02. The van der Waals surface area contributed by atoms with Crippen LogP contribution in [0.3, 0.4) is 0 Å². The largest absolute Gasteiger partial charge is 0.345 e. The first-order valence-corrected chi connectivity index (χ1v) is 25.2. The number of rotatable bonds is 7. The zero-order chi connectivity index (χ0) is 44.0. The number of hydrogen-bond acceptors (Lipinski definition) is 5. The van der Waals surface area contributed by atoms with Crippen molar-refractivity contribution in [3.63, 3.8) is 0 Å². The lowest BCUT2D eigenvalue weighted by molar-refractivity contribution is -0.160. The van der Waals surface area contributed by atoms with E-state index in [2.05, 4.69) is 215 Å². The lowest BCUT2D eigenvalue weighted by Gasteiger charge is -2.69. The van der Waals surface area contributed by atoms with Gasteiger partial charge in [0, 0.05) is 47.1 Å². The van der Waals surface area contributed by atoms with E-state index in [1.807, 2.05) is 0 Å². The number of hydrogen-bond donors (Lipinski definition) is 0. The van der Waals surface area contributed by atoms with Gasteiger partial charge in [0.1, 0.15) is 11.7 Å². The van der Waals surface area contributed by atoms with Crippen molar-refractivity contribution in [1.29, 1.82) is 0 Å². The Balaban J connectivity index is 0.948. The van der Waals surface area contributed by atoms with Crippen molar-refractivity contribution in [3.8, 4) is 22.3 Å². The van der Waals surface area contributed by atoms with Crippen LogP contribution in [0.5, 0.6) is 0 Å². The maximum atomic E-state index is 6.10. The van der Waals surface area contributed by atoms with E-state index in [1.54, 1.807) is 0 Å². The average Bonchev–Trinajstić information content (AvgIpc) is 4.02.